The molecule has 58 heavy (non-hydrogen) atoms. The number of nitrogens with zero attached hydrogens (tertiary/aromatic N) is 3. The third-order valence-corrected chi connectivity index (χ3v) is 11.7. The van der Waals surface area contributed by atoms with Crippen molar-refractivity contribution < 1.29 is 4.42 Å². The minimum Gasteiger partial charge on any atom is -0.455 e. The van der Waals surface area contributed by atoms with Gasteiger partial charge in [0.1, 0.15) is 11.2 Å². The Morgan fingerprint density at radius 3 is 1.60 bits per heavy atom. The van der Waals surface area contributed by atoms with E-state index in [0.717, 1.165) is 66.8 Å². The van der Waals surface area contributed by atoms with Gasteiger partial charge in [-0.05, 0) is 108 Å². The molecular formula is C54H35N3O. The fourth-order valence-corrected chi connectivity index (χ4v) is 9.10. The van der Waals surface area contributed by atoms with E-state index in [9.17, 15) is 0 Å². The summed E-state index contributed by atoms with van der Waals surface area (Å²) in [6.07, 6.45) is 0. The molecule has 0 N–H and O–H groups in total. The number of hydrogen-bond donors (Lipinski definition) is 0. The topological polar surface area (TPSA) is 26.2 Å². The highest BCUT2D eigenvalue weighted by atomic mass is 16.3. The molecule has 4 nitrogen and oxygen atoms in total. The van der Waals surface area contributed by atoms with Crippen molar-refractivity contribution in [2.45, 2.75) is 0 Å². The summed E-state index contributed by atoms with van der Waals surface area (Å²) in [6.45, 7) is 0. The van der Waals surface area contributed by atoms with E-state index in [1.807, 2.05) is 6.07 Å². The Labute approximate surface area is 334 Å². The van der Waals surface area contributed by atoms with Crippen LogP contribution in [0.2, 0.25) is 0 Å². The van der Waals surface area contributed by atoms with E-state index in [4.69, 9.17) is 4.42 Å². The van der Waals surface area contributed by atoms with Crippen LogP contribution in [-0.2, 0) is 0 Å². The highest BCUT2D eigenvalue weighted by Crippen LogP contribution is 2.43. The van der Waals surface area contributed by atoms with Gasteiger partial charge in [0.05, 0.1) is 27.5 Å². The minimum absolute atomic E-state index is 0.908. The van der Waals surface area contributed by atoms with Crippen LogP contribution in [-0.4, -0.2) is 9.13 Å². The van der Waals surface area contributed by atoms with E-state index < -0.39 is 0 Å². The Morgan fingerprint density at radius 2 is 0.845 bits per heavy atom. The normalized spacial score (nSPS) is 11.8. The number of rotatable bonds is 6. The molecule has 0 aliphatic carbocycles. The monoisotopic (exact) mass is 741 g/mol. The van der Waals surface area contributed by atoms with E-state index in [0.29, 0.717) is 0 Å². The summed E-state index contributed by atoms with van der Waals surface area (Å²) >= 11 is 0. The summed E-state index contributed by atoms with van der Waals surface area (Å²) in [4.78, 5) is 2.37. The predicted octanol–water partition coefficient (Wildman–Crippen LogP) is 14.9. The van der Waals surface area contributed by atoms with Crippen molar-refractivity contribution in [3.8, 4) is 22.5 Å². The molecule has 9 aromatic carbocycles. The molecule has 0 amide bonds. The van der Waals surface area contributed by atoms with Gasteiger partial charge in [-0.15, -0.1) is 0 Å². The van der Waals surface area contributed by atoms with Crippen LogP contribution in [0.3, 0.4) is 0 Å². The fraction of sp³-hybridized carbons (Fsp3) is 0. The molecule has 0 atom stereocenters. The number of benzene rings is 9. The molecule has 3 heterocycles. The molecule has 0 bridgehead atoms. The first-order valence-corrected chi connectivity index (χ1v) is 19.8. The molecule has 12 aromatic rings. The Hall–Kier alpha value is -7.82. The molecule has 0 spiro atoms. The molecule has 0 unspecified atom stereocenters. The average Bonchev–Trinajstić information content (AvgIpc) is 3.95. The van der Waals surface area contributed by atoms with Gasteiger partial charge in [0.15, 0.2) is 0 Å². The van der Waals surface area contributed by atoms with Crippen molar-refractivity contribution in [1.82, 2.24) is 9.13 Å². The van der Waals surface area contributed by atoms with E-state index in [-0.39, 0.29) is 0 Å². The number of hydrogen-bond acceptors (Lipinski definition) is 2. The summed E-state index contributed by atoms with van der Waals surface area (Å²) in [5, 5.41) is 7.02. The molecule has 0 aliphatic rings. The summed E-state index contributed by atoms with van der Waals surface area (Å²) < 4.78 is 11.3. The third kappa shape index (κ3) is 4.95. The summed E-state index contributed by atoms with van der Waals surface area (Å²) in [5.74, 6) is 0. The molecule has 4 heteroatoms. The maximum absolute atomic E-state index is 6.57. The Morgan fingerprint density at radius 1 is 0.328 bits per heavy atom. The Bertz CT molecular complexity index is 3480. The van der Waals surface area contributed by atoms with Gasteiger partial charge in [0, 0.05) is 55.4 Å². The van der Waals surface area contributed by atoms with Crippen LogP contribution in [0.15, 0.2) is 217 Å². The first kappa shape index (κ1) is 32.4. The quantitative estimate of drug-likeness (QED) is 0.170. The zero-order valence-electron chi connectivity index (χ0n) is 31.5. The maximum atomic E-state index is 6.57. The van der Waals surface area contributed by atoms with E-state index in [1.54, 1.807) is 0 Å². The lowest BCUT2D eigenvalue weighted by molar-refractivity contribution is 0.673. The summed E-state index contributed by atoms with van der Waals surface area (Å²) in [7, 11) is 0. The van der Waals surface area contributed by atoms with Crippen LogP contribution in [0.4, 0.5) is 17.1 Å². The Kier molecular flexibility index (Phi) is 7.20. The number of para-hydroxylation sites is 4. The number of fused-ring (bicyclic) bond motifs is 10. The molecule has 0 aliphatic heterocycles. The molecule has 272 valence electrons. The lowest BCUT2D eigenvalue weighted by atomic mass is 10.0. The van der Waals surface area contributed by atoms with Crippen LogP contribution in [0.5, 0.6) is 0 Å². The van der Waals surface area contributed by atoms with Gasteiger partial charge < -0.3 is 18.5 Å². The summed E-state index contributed by atoms with van der Waals surface area (Å²) in [5.41, 5.74) is 14.3. The second-order valence-electron chi connectivity index (χ2n) is 14.9. The average molecular weight is 742 g/mol. The van der Waals surface area contributed by atoms with Crippen LogP contribution >= 0.6 is 0 Å². The molecular weight excluding hydrogens is 707 g/mol. The molecule has 3 aromatic heterocycles. The van der Waals surface area contributed by atoms with Crippen LogP contribution in [0.25, 0.3) is 88.1 Å². The molecule has 12 rings (SSSR count). The first-order chi connectivity index (χ1) is 28.8. The van der Waals surface area contributed by atoms with E-state index in [2.05, 4.69) is 220 Å². The number of anilines is 3. The zero-order valence-corrected chi connectivity index (χ0v) is 31.5. The van der Waals surface area contributed by atoms with E-state index >= 15 is 0 Å². The van der Waals surface area contributed by atoms with Gasteiger partial charge in [-0.3, -0.25) is 0 Å². The van der Waals surface area contributed by atoms with Crippen LogP contribution in [0, 0.1) is 0 Å². The molecule has 0 fully saturated rings. The Balaban J connectivity index is 1.03. The second kappa shape index (κ2) is 12.9. The van der Waals surface area contributed by atoms with Crippen molar-refractivity contribution in [2.24, 2.45) is 0 Å². The van der Waals surface area contributed by atoms with Crippen molar-refractivity contribution in [1.29, 1.82) is 0 Å². The van der Waals surface area contributed by atoms with Crippen molar-refractivity contribution in [3.63, 3.8) is 0 Å². The second-order valence-corrected chi connectivity index (χ2v) is 14.9. The molecule has 0 saturated heterocycles. The van der Waals surface area contributed by atoms with Crippen molar-refractivity contribution >= 4 is 82.6 Å². The third-order valence-electron chi connectivity index (χ3n) is 11.7. The van der Waals surface area contributed by atoms with Crippen LogP contribution < -0.4 is 4.90 Å². The highest BCUT2D eigenvalue weighted by molar-refractivity contribution is 6.23. The lowest BCUT2D eigenvalue weighted by Crippen LogP contribution is -2.10. The zero-order chi connectivity index (χ0) is 38.2. The smallest absolute Gasteiger partial charge is 0.145 e. The molecule has 0 radical (unpaired) electrons. The maximum Gasteiger partial charge on any atom is 0.145 e. The van der Waals surface area contributed by atoms with Gasteiger partial charge in [-0.2, -0.15) is 0 Å². The number of aromatic nitrogens is 2. The van der Waals surface area contributed by atoms with Crippen molar-refractivity contribution in [2.75, 3.05) is 4.90 Å². The largest absolute Gasteiger partial charge is 0.455 e. The van der Waals surface area contributed by atoms with Gasteiger partial charge >= 0.3 is 0 Å². The van der Waals surface area contributed by atoms with Gasteiger partial charge in [0.25, 0.3) is 0 Å². The summed E-state index contributed by atoms with van der Waals surface area (Å²) in [6, 6.07) is 76.1. The van der Waals surface area contributed by atoms with Crippen molar-refractivity contribution in [3.05, 3.63) is 212 Å². The first-order valence-electron chi connectivity index (χ1n) is 19.8. The predicted molar refractivity (Wildman–Crippen MR) is 243 cm³/mol. The van der Waals surface area contributed by atoms with Crippen LogP contribution in [0.1, 0.15) is 0 Å². The minimum atomic E-state index is 0.908. The highest BCUT2D eigenvalue weighted by Gasteiger charge is 2.21. The van der Waals surface area contributed by atoms with E-state index in [1.165, 1.54) is 38.3 Å². The van der Waals surface area contributed by atoms with Gasteiger partial charge in [0.2, 0.25) is 0 Å². The van der Waals surface area contributed by atoms with Gasteiger partial charge in [-0.25, -0.2) is 0 Å². The number of furan rings is 1. The van der Waals surface area contributed by atoms with Gasteiger partial charge in [-0.1, -0.05) is 115 Å². The molecule has 0 saturated carbocycles. The fourth-order valence-electron chi connectivity index (χ4n) is 9.10. The standard InChI is InChI=1S/C54H35N3O/c1-3-13-36(14-4-1)37-23-25-39(26-24-37)55(42-31-33-50-47(35-42)43-17-7-10-20-48(43)56(50)38-15-5-2-6-16-38)40-27-29-41(30-28-40)57-49-21-11-8-19-46(49)53-51(57)34-32-45-44-18-9-12-22-52(44)58-54(45)53/h1-35H. The lowest BCUT2D eigenvalue weighted by Gasteiger charge is -2.26. The SMILES string of the molecule is c1ccc(-c2ccc(N(c3ccc(-n4c5ccccc5c5c6oc7ccccc7c6ccc54)cc3)c3ccc4c(c3)c3ccccc3n4-c3ccccc3)cc2)cc1.